The van der Waals surface area contributed by atoms with Crippen LogP contribution in [0.4, 0.5) is 0 Å². The molecule has 8 nitrogen and oxygen atoms in total. The summed E-state index contributed by atoms with van der Waals surface area (Å²) < 4.78 is 0. The second-order valence-electron chi connectivity index (χ2n) is 6.44. The standard InChI is InChI=1S/C19H22N2O6/c1-10-12(3-5-18(24)25)14(20-16(10)8-22)7-15-13(4-6-19(26)27)11(2)17(9-23)21-15/h8-9,20-21H,3-7H2,1-2H3,(H,24,25)(H,26,27). The second-order valence-corrected chi connectivity index (χ2v) is 6.44. The third kappa shape index (κ3) is 4.52. The maximum absolute atomic E-state index is 11.3. The van der Waals surface area contributed by atoms with E-state index >= 15 is 0 Å². The van der Waals surface area contributed by atoms with Crippen LogP contribution < -0.4 is 0 Å². The van der Waals surface area contributed by atoms with Crippen molar-refractivity contribution in [3.05, 3.63) is 45.0 Å². The SMILES string of the molecule is Cc1c(C=O)[nH]c(Cc2[nH]c(C=O)c(C)c2CCC(=O)O)c1CCC(=O)O. The fourth-order valence-electron chi connectivity index (χ4n) is 3.30. The van der Waals surface area contributed by atoms with Gasteiger partial charge in [-0.2, -0.15) is 0 Å². The lowest BCUT2D eigenvalue weighted by Crippen LogP contribution is -2.04. The van der Waals surface area contributed by atoms with Gasteiger partial charge in [-0.1, -0.05) is 0 Å². The molecule has 0 aliphatic carbocycles. The lowest BCUT2D eigenvalue weighted by molar-refractivity contribution is -0.138. The van der Waals surface area contributed by atoms with Crippen molar-refractivity contribution in [2.45, 2.75) is 46.0 Å². The van der Waals surface area contributed by atoms with Crippen LogP contribution in [0.1, 0.15) is 67.5 Å². The minimum Gasteiger partial charge on any atom is -0.481 e. The van der Waals surface area contributed by atoms with E-state index in [1.165, 1.54) is 0 Å². The number of carboxylic acid groups (broad SMARTS) is 2. The molecule has 0 aliphatic heterocycles. The smallest absolute Gasteiger partial charge is 0.303 e. The normalized spacial score (nSPS) is 10.7. The molecule has 0 unspecified atom stereocenters. The van der Waals surface area contributed by atoms with Crippen LogP contribution in [0, 0.1) is 13.8 Å². The molecule has 2 heterocycles. The monoisotopic (exact) mass is 374 g/mol. The number of nitrogens with one attached hydrogen (secondary N) is 2. The molecule has 0 spiro atoms. The molecule has 0 radical (unpaired) electrons. The lowest BCUT2D eigenvalue weighted by Gasteiger charge is -2.07. The molecule has 0 saturated heterocycles. The Balaban J connectivity index is 2.43. The average molecular weight is 374 g/mol. The summed E-state index contributed by atoms with van der Waals surface area (Å²) in [5, 5.41) is 17.9. The number of carbonyl (C=O) groups excluding carboxylic acids is 2. The molecular formula is C19H22N2O6. The quantitative estimate of drug-likeness (QED) is 0.470. The van der Waals surface area contributed by atoms with Gasteiger partial charge in [-0.05, 0) is 48.9 Å². The fourth-order valence-corrected chi connectivity index (χ4v) is 3.30. The predicted molar refractivity (Wildman–Crippen MR) is 96.6 cm³/mol. The summed E-state index contributed by atoms with van der Waals surface area (Å²) in [7, 11) is 0. The van der Waals surface area contributed by atoms with Gasteiger partial charge in [-0.25, -0.2) is 0 Å². The van der Waals surface area contributed by atoms with E-state index in [2.05, 4.69) is 9.97 Å². The highest BCUT2D eigenvalue weighted by Gasteiger charge is 2.20. The van der Waals surface area contributed by atoms with E-state index < -0.39 is 11.9 Å². The Labute approximate surface area is 155 Å². The van der Waals surface area contributed by atoms with Crippen molar-refractivity contribution in [1.82, 2.24) is 9.97 Å². The highest BCUT2D eigenvalue weighted by molar-refractivity contribution is 5.77. The molecule has 0 amide bonds. The third-order valence-electron chi connectivity index (χ3n) is 4.78. The van der Waals surface area contributed by atoms with Crippen LogP contribution >= 0.6 is 0 Å². The molecule has 0 saturated carbocycles. The van der Waals surface area contributed by atoms with E-state index in [0.29, 0.717) is 52.9 Å². The molecule has 2 aromatic heterocycles. The first-order valence-corrected chi connectivity index (χ1v) is 8.53. The summed E-state index contributed by atoms with van der Waals surface area (Å²) in [5.41, 5.74) is 5.05. The molecule has 0 aromatic carbocycles. The molecule has 27 heavy (non-hydrogen) atoms. The largest absolute Gasteiger partial charge is 0.481 e. The molecule has 0 fully saturated rings. The minimum absolute atomic E-state index is 0.0702. The van der Waals surface area contributed by atoms with Gasteiger partial charge in [0.15, 0.2) is 12.6 Å². The van der Waals surface area contributed by atoms with Crippen molar-refractivity contribution in [3.63, 3.8) is 0 Å². The number of aliphatic carboxylic acids is 2. The van der Waals surface area contributed by atoms with E-state index in [0.717, 1.165) is 11.1 Å². The number of aldehydes is 2. The number of carbonyl (C=O) groups is 4. The van der Waals surface area contributed by atoms with Gasteiger partial charge < -0.3 is 20.2 Å². The topological polar surface area (TPSA) is 140 Å². The summed E-state index contributed by atoms with van der Waals surface area (Å²) in [5.74, 6) is -1.87. The molecule has 0 aliphatic rings. The van der Waals surface area contributed by atoms with Crippen molar-refractivity contribution in [2.24, 2.45) is 0 Å². The summed E-state index contributed by atoms with van der Waals surface area (Å²) in [6.07, 6.45) is 2.08. The van der Waals surface area contributed by atoms with E-state index in [4.69, 9.17) is 10.2 Å². The number of hydrogen-bond donors (Lipinski definition) is 4. The van der Waals surface area contributed by atoms with Crippen molar-refractivity contribution in [1.29, 1.82) is 0 Å². The Morgan fingerprint density at radius 3 is 1.48 bits per heavy atom. The summed E-state index contributed by atoms with van der Waals surface area (Å²) >= 11 is 0. The van der Waals surface area contributed by atoms with Crippen molar-refractivity contribution < 1.29 is 29.4 Å². The summed E-state index contributed by atoms with van der Waals surface area (Å²) in [4.78, 5) is 50.5. The first kappa shape index (κ1) is 20.2. The number of rotatable bonds is 10. The molecule has 8 heteroatoms. The zero-order chi connectivity index (χ0) is 20.1. The highest BCUT2D eigenvalue weighted by atomic mass is 16.4. The zero-order valence-electron chi connectivity index (χ0n) is 15.2. The van der Waals surface area contributed by atoms with Crippen molar-refractivity contribution >= 4 is 24.5 Å². The molecule has 144 valence electrons. The maximum atomic E-state index is 11.3. The highest BCUT2D eigenvalue weighted by Crippen LogP contribution is 2.26. The van der Waals surface area contributed by atoms with E-state index in [-0.39, 0.29) is 25.7 Å². The molecular weight excluding hydrogens is 352 g/mol. The second kappa shape index (κ2) is 8.48. The van der Waals surface area contributed by atoms with Crippen LogP contribution in [-0.4, -0.2) is 44.7 Å². The van der Waals surface area contributed by atoms with E-state index in [1.807, 2.05) is 0 Å². The Bertz CT molecular complexity index is 818. The number of hydrogen-bond acceptors (Lipinski definition) is 4. The maximum Gasteiger partial charge on any atom is 0.303 e. The first-order valence-electron chi connectivity index (χ1n) is 8.53. The zero-order valence-corrected chi connectivity index (χ0v) is 15.2. The summed E-state index contributed by atoms with van der Waals surface area (Å²) in [6.45, 7) is 3.51. The van der Waals surface area contributed by atoms with Crippen LogP contribution in [-0.2, 0) is 28.9 Å². The van der Waals surface area contributed by atoms with Gasteiger partial charge in [0.1, 0.15) is 0 Å². The number of H-pyrrole nitrogens is 2. The van der Waals surface area contributed by atoms with Gasteiger partial charge in [0.2, 0.25) is 0 Å². The van der Waals surface area contributed by atoms with Gasteiger partial charge in [0.05, 0.1) is 11.4 Å². The fraction of sp³-hybridized carbons (Fsp3) is 0.368. The first-order chi connectivity index (χ1) is 12.8. The minimum atomic E-state index is -0.935. The van der Waals surface area contributed by atoms with Crippen LogP contribution in [0.3, 0.4) is 0 Å². The van der Waals surface area contributed by atoms with E-state index in [9.17, 15) is 19.2 Å². The van der Waals surface area contributed by atoms with Crippen molar-refractivity contribution in [2.75, 3.05) is 0 Å². The van der Waals surface area contributed by atoms with Crippen LogP contribution in [0.5, 0.6) is 0 Å². The molecule has 2 aromatic rings. The van der Waals surface area contributed by atoms with Gasteiger partial charge in [-0.3, -0.25) is 19.2 Å². The van der Waals surface area contributed by atoms with E-state index in [1.54, 1.807) is 13.8 Å². The van der Waals surface area contributed by atoms with Crippen LogP contribution in [0.15, 0.2) is 0 Å². The van der Waals surface area contributed by atoms with Gasteiger partial charge in [0.25, 0.3) is 0 Å². The van der Waals surface area contributed by atoms with Crippen molar-refractivity contribution in [3.8, 4) is 0 Å². The Kier molecular flexibility index (Phi) is 6.33. The Morgan fingerprint density at radius 1 is 0.815 bits per heavy atom. The predicted octanol–water partition coefficient (Wildman–Crippen LogP) is 2.21. The van der Waals surface area contributed by atoms with Crippen LogP contribution in [0.25, 0.3) is 0 Å². The average Bonchev–Trinajstić information content (AvgIpc) is 3.07. The molecule has 0 bridgehead atoms. The van der Waals surface area contributed by atoms with Gasteiger partial charge >= 0.3 is 11.9 Å². The lowest BCUT2D eigenvalue weighted by atomic mass is 9.98. The van der Waals surface area contributed by atoms with Gasteiger partial charge in [-0.15, -0.1) is 0 Å². The van der Waals surface area contributed by atoms with Gasteiger partial charge in [0, 0.05) is 30.7 Å². The summed E-state index contributed by atoms with van der Waals surface area (Å²) in [6, 6.07) is 0. The Morgan fingerprint density at radius 2 is 1.19 bits per heavy atom. The van der Waals surface area contributed by atoms with Crippen LogP contribution in [0.2, 0.25) is 0 Å². The molecule has 4 N–H and O–H groups in total. The number of aromatic nitrogens is 2. The Hall–Kier alpha value is -3.16. The molecule has 0 atom stereocenters. The number of carboxylic acids is 2. The number of aromatic amines is 2. The molecule has 2 rings (SSSR count). The third-order valence-corrected chi connectivity index (χ3v) is 4.78.